The fraction of sp³-hybridized carbons (Fsp3) is 0.385. The normalized spacial score (nSPS) is 28.0. The third kappa shape index (κ3) is 3.18. The van der Waals surface area contributed by atoms with Gasteiger partial charge in [0.05, 0.1) is 6.04 Å². The zero-order valence-electron chi connectivity index (χ0n) is 11.6. The molecule has 1 heterocycles. The van der Waals surface area contributed by atoms with Crippen LogP contribution in [0.5, 0.6) is 0 Å². The van der Waals surface area contributed by atoms with Gasteiger partial charge in [0.2, 0.25) is 11.5 Å². The Hall–Kier alpha value is -1.88. The lowest BCUT2D eigenvalue weighted by Gasteiger charge is -2.46. The third-order valence-electron chi connectivity index (χ3n) is 3.53. The Labute approximate surface area is 136 Å². The van der Waals surface area contributed by atoms with E-state index in [4.69, 9.17) is 0 Å². The zero-order chi connectivity index (χ0) is 18.3. The van der Waals surface area contributed by atoms with E-state index in [1.807, 2.05) is 0 Å². The molecule has 132 valence electrons. The second-order valence-electron chi connectivity index (χ2n) is 5.09. The molecule has 0 spiro atoms. The van der Waals surface area contributed by atoms with Gasteiger partial charge in [-0.2, -0.15) is 26.3 Å². The Bertz CT molecular complexity index is 648. The first-order chi connectivity index (χ1) is 10.9. The highest BCUT2D eigenvalue weighted by Gasteiger charge is 2.68. The van der Waals surface area contributed by atoms with Crippen LogP contribution in [0.4, 0.5) is 26.3 Å². The van der Waals surface area contributed by atoms with Gasteiger partial charge in [0.15, 0.2) is 5.11 Å². The molecule has 1 aromatic rings. The van der Waals surface area contributed by atoms with E-state index in [0.29, 0.717) is 0 Å². The summed E-state index contributed by atoms with van der Waals surface area (Å²) in [4.78, 5) is 11.7. The van der Waals surface area contributed by atoms with Gasteiger partial charge < -0.3 is 15.7 Å². The fourth-order valence-electron chi connectivity index (χ4n) is 2.45. The Morgan fingerprint density at radius 3 is 2.12 bits per heavy atom. The number of benzene rings is 1. The van der Waals surface area contributed by atoms with Crippen molar-refractivity contribution in [2.75, 3.05) is 0 Å². The van der Waals surface area contributed by atoms with Crippen molar-refractivity contribution in [3.05, 3.63) is 35.9 Å². The van der Waals surface area contributed by atoms with Gasteiger partial charge in [0.25, 0.3) is 0 Å². The minimum Gasteiger partial charge on any atom is -0.363 e. The number of Topliss-reactive ketones (excluding diaryl/α,β-unsaturated/α-hetero) is 1. The summed E-state index contributed by atoms with van der Waals surface area (Å²) in [5.74, 6) is -5.65. The van der Waals surface area contributed by atoms with Gasteiger partial charge in [-0.3, -0.25) is 4.79 Å². The molecule has 1 fully saturated rings. The van der Waals surface area contributed by atoms with E-state index in [0.717, 1.165) is 0 Å². The lowest BCUT2D eigenvalue weighted by Crippen LogP contribution is -2.73. The van der Waals surface area contributed by atoms with E-state index >= 15 is 0 Å². The number of carbonyl (C=O) groups is 1. The number of ketones is 1. The van der Waals surface area contributed by atoms with Gasteiger partial charge in [-0.25, -0.2) is 0 Å². The van der Waals surface area contributed by atoms with Crippen molar-refractivity contribution in [3.63, 3.8) is 0 Å². The highest BCUT2D eigenvalue weighted by molar-refractivity contribution is 7.80. The minimum atomic E-state index is -5.59. The Morgan fingerprint density at radius 1 is 1.12 bits per heavy atom. The molecule has 1 aromatic carbocycles. The van der Waals surface area contributed by atoms with Crippen LogP contribution in [0, 0.1) is 5.92 Å². The van der Waals surface area contributed by atoms with Crippen LogP contribution < -0.4 is 10.6 Å². The molecular formula is C13H10F6N2O2S. The predicted molar refractivity (Wildman–Crippen MR) is 73.6 cm³/mol. The molecule has 3 N–H and O–H groups in total. The van der Waals surface area contributed by atoms with Crippen LogP contribution >= 0.6 is 12.2 Å². The van der Waals surface area contributed by atoms with E-state index < -0.39 is 40.9 Å². The highest BCUT2D eigenvalue weighted by atomic mass is 32.1. The highest BCUT2D eigenvalue weighted by Crippen LogP contribution is 2.45. The summed E-state index contributed by atoms with van der Waals surface area (Å²) in [5.41, 5.74) is -4.23. The number of alkyl halides is 6. The average Bonchev–Trinajstić information content (AvgIpc) is 2.44. The molecular weight excluding hydrogens is 362 g/mol. The van der Waals surface area contributed by atoms with Crippen LogP contribution in [0.1, 0.15) is 11.6 Å². The molecule has 1 aliphatic heterocycles. The van der Waals surface area contributed by atoms with Crippen LogP contribution in [-0.2, 0) is 4.79 Å². The number of thiocarbonyl (C=S) groups is 1. The summed E-state index contributed by atoms with van der Waals surface area (Å²) in [7, 11) is 0. The van der Waals surface area contributed by atoms with Crippen LogP contribution in [0.15, 0.2) is 30.3 Å². The molecule has 11 heteroatoms. The first-order valence-corrected chi connectivity index (χ1v) is 6.82. The van der Waals surface area contributed by atoms with E-state index in [1.54, 1.807) is 0 Å². The van der Waals surface area contributed by atoms with E-state index in [-0.39, 0.29) is 5.56 Å². The topological polar surface area (TPSA) is 61.4 Å². The Morgan fingerprint density at radius 2 is 1.67 bits per heavy atom. The summed E-state index contributed by atoms with van der Waals surface area (Å²) in [6.07, 6.45) is -11.2. The van der Waals surface area contributed by atoms with Crippen molar-refractivity contribution >= 4 is 23.1 Å². The van der Waals surface area contributed by atoms with E-state index in [9.17, 15) is 36.2 Å². The van der Waals surface area contributed by atoms with Crippen molar-refractivity contribution < 1.29 is 36.2 Å². The van der Waals surface area contributed by atoms with Gasteiger partial charge in [0, 0.05) is 0 Å². The number of aliphatic hydroxyl groups is 1. The molecule has 0 unspecified atom stereocenters. The van der Waals surface area contributed by atoms with Gasteiger partial charge in [-0.05, 0) is 17.8 Å². The molecule has 0 aromatic heterocycles. The molecule has 1 aliphatic rings. The van der Waals surface area contributed by atoms with E-state index in [2.05, 4.69) is 17.5 Å². The third-order valence-corrected chi connectivity index (χ3v) is 3.75. The number of halogens is 6. The molecule has 2 rings (SSSR count). The van der Waals surface area contributed by atoms with Crippen LogP contribution in [0.25, 0.3) is 0 Å². The molecule has 3 atom stereocenters. The quantitative estimate of drug-likeness (QED) is 0.549. The predicted octanol–water partition coefficient (Wildman–Crippen LogP) is 2.20. The van der Waals surface area contributed by atoms with Crippen LogP contribution in [0.3, 0.4) is 0 Å². The monoisotopic (exact) mass is 372 g/mol. The number of rotatable bonds is 2. The molecule has 0 radical (unpaired) electrons. The fourth-order valence-corrected chi connectivity index (χ4v) is 2.74. The molecule has 0 bridgehead atoms. The smallest absolute Gasteiger partial charge is 0.363 e. The van der Waals surface area contributed by atoms with Crippen molar-refractivity contribution in [1.29, 1.82) is 0 Å². The lowest BCUT2D eigenvalue weighted by atomic mass is 9.79. The van der Waals surface area contributed by atoms with Crippen LogP contribution in [0.2, 0.25) is 0 Å². The number of carbonyl (C=O) groups excluding carboxylic acids is 1. The maximum absolute atomic E-state index is 13.3. The van der Waals surface area contributed by atoms with Crippen molar-refractivity contribution in [2.24, 2.45) is 5.92 Å². The van der Waals surface area contributed by atoms with Gasteiger partial charge in [-0.15, -0.1) is 0 Å². The van der Waals surface area contributed by atoms with Crippen molar-refractivity contribution in [2.45, 2.75) is 24.1 Å². The van der Waals surface area contributed by atoms with Crippen LogP contribution in [-0.4, -0.2) is 34.1 Å². The Balaban J connectivity index is 2.63. The SMILES string of the molecule is O=C([C@H]1[C@H](c2ccccc2)NC(=S)N[C@@]1(O)C(F)(F)F)C(F)(F)F. The molecule has 0 aliphatic carbocycles. The van der Waals surface area contributed by atoms with Gasteiger partial charge in [0.1, 0.15) is 5.92 Å². The summed E-state index contributed by atoms with van der Waals surface area (Å²) < 4.78 is 78.3. The molecule has 24 heavy (non-hydrogen) atoms. The maximum atomic E-state index is 13.3. The lowest BCUT2D eigenvalue weighted by molar-refractivity contribution is -0.293. The number of hydrogen-bond acceptors (Lipinski definition) is 3. The van der Waals surface area contributed by atoms with Gasteiger partial charge >= 0.3 is 12.4 Å². The molecule has 4 nitrogen and oxygen atoms in total. The first-order valence-electron chi connectivity index (χ1n) is 6.41. The standard InChI is InChI=1S/C13H10F6N2O2S/c14-12(15,16)9(22)7-8(6-4-2-1-3-5-6)20-10(24)21-11(7,23)13(17,18)19/h1-5,7-8,23H,(H2,20,21,24)/t7-,8+,11+/m1/s1. The van der Waals surface area contributed by atoms with Crippen molar-refractivity contribution in [1.82, 2.24) is 10.6 Å². The molecule has 0 saturated carbocycles. The summed E-state index contributed by atoms with van der Waals surface area (Å²) in [6.45, 7) is 0. The molecule has 0 amide bonds. The Kier molecular flexibility index (Phi) is 4.53. The average molecular weight is 372 g/mol. The summed E-state index contributed by atoms with van der Waals surface area (Å²) in [5, 5.41) is 12.8. The first kappa shape index (κ1) is 18.5. The number of nitrogens with one attached hydrogen (secondary N) is 2. The summed E-state index contributed by atoms with van der Waals surface area (Å²) >= 11 is 4.56. The maximum Gasteiger partial charge on any atom is 0.450 e. The number of hydrogen-bond donors (Lipinski definition) is 3. The minimum absolute atomic E-state index is 0.0633. The molecule has 1 saturated heterocycles. The zero-order valence-corrected chi connectivity index (χ0v) is 12.4. The largest absolute Gasteiger partial charge is 0.450 e. The van der Waals surface area contributed by atoms with Crippen molar-refractivity contribution in [3.8, 4) is 0 Å². The van der Waals surface area contributed by atoms with E-state index in [1.165, 1.54) is 35.6 Å². The van der Waals surface area contributed by atoms with Gasteiger partial charge in [-0.1, -0.05) is 30.3 Å². The second-order valence-corrected chi connectivity index (χ2v) is 5.50. The second kappa shape index (κ2) is 5.88. The summed E-state index contributed by atoms with van der Waals surface area (Å²) in [6, 6.07) is 4.84.